The minimum absolute atomic E-state index is 0.459. The Kier molecular flexibility index (Phi) is 7.39. The van der Waals surface area contributed by atoms with Gasteiger partial charge in [0.1, 0.15) is 6.61 Å². The van der Waals surface area contributed by atoms with Gasteiger partial charge in [-0.2, -0.15) is 0 Å². The Balaban J connectivity index is 1.64. The number of likely N-dealkylation sites (tertiary alicyclic amines) is 1. The number of rotatable bonds is 9. The van der Waals surface area contributed by atoms with Gasteiger partial charge in [-0.05, 0) is 49.7 Å². The standard InChI is InChI=1S/C22H29ClN2O2/c1-3-25-12-6-10-20(25)15-24-14-18-8-5-11-21(26-2)22(18)27-16-17-7-4-9-19(23)13-17/h4-5,7-9,11,13,20,24H,3,6,10,12,14-16H2,1-2H3/t20-/m1/s1. The Morgan fingerprint density at radius 3 is 2.85 bits per heavy atom. The van der Waals surface area contributed by atoms with Crippen LogP contribution < -0.4 is 14.8 Å². The molecule has 4 nitrogen and oxygen atoms in total. The number of hydrogen-bond acceptors (Lipinski definition) is 4. The molecule has 0 saturated carbocycles. The number of para-hydroxylation sites is 1. The Hall–Kier alpha value is -1.75. The third-order valence-corrected chi connectivity index (χ3v) is 5.39. The first kappa shape index (κ1) is 20.0. The third-order valence-electron chi connectivity index (χ3n) is 5.15. The zero-order valence-electron chi connectivity index (χ0n) is 16.2. The van der Waals surface area contributed by atoms with Crippen LogP contribution >= 0.6 is 11.6 Å². The first-order chi connectivity index (χ1) is 13.2. The summed E-state index contributed by atoms with van der Waals surface area (Å²) >= 11 is 6.08. The van der Waals surface area contributed by atoms with Crippen molar-refractivity contribution in [1.29, 1.82) is 0 Å². The number of hydrogen-bond donors (Lipinski definition) is 1. The maximum Gasteiger partial charge on any atom is 0.166 e. The van der Waals surface area contributed by atoms with Crippen LogP contribution in [0.2, 0.25) is 5.02 Å². The highest BCUT2D eigenvalue weighted by molar-refractivity contribution is 6.30. The molecule has 1 N–H and O–H groups in total. The molecule has 1 aliphatic rings. The predicted molar refractivity (Wildman–Crippen MR) is 111 cm³/mol. The number of benzene rings is 2. The van der Waals surface area contributed by atoms with Gasteiger partial charge in [0, 0.05) is 29.7 Å². The van der Waals surface area contributed by atoms with Crippen LogP contribution in [0.15, 0.2) is 42.5 Å². The number of likely N-dealkylation sites (N-methyl/N-ethyl adjacent to an activating group) is 1. The van der Waals surface area contributed by atoms with Crippen molar-refractivity contribution >= 4 is 11.6 Å². The second-order valence-corrected chi connectivity index (χ2v) is 7.36. The molecular formula is C22H29ClN2O2. The Morgan fingerprint density at radius 1 is 1.22 bits per heavy atom. The minimum Gasteiger partial charge on any atom is -0.493 e. The van der Waals surface area contributed by atoms with Crippen molar-refractivity contribution in [1.82, 2.24) is 10.2 Å². The molecule has 1 atom stereocenters. The van der Waals surface area contributed by atoms with E-state index >= 15 is 0 Å². The van der Waals surface area contributed by atoms with Gasteiger partial charge in [-0.15, -0.1) is 0 Å². The van der Waals surface area contributed by atoms with Gasteiger partial charge in [0.05, 0.1) is 7.11 Å². The maximum absolute atomic E-state index is 6.13. The lowest BCUT2D eigenvalue weighted by atomic mass is 10.1. The van der Waals surface area contributed by atoms with E-state index in [1.807, 2.05) is 36.4 Å². The van der Waals surface area contributed by atoms with Crippen LogP contribution in [0.1, 0.15) is 30.9 Å². The van der Waals surface area contributed by atoms with Crippen LogP contribution in [0.3, 0.4) is 0 Å². The van der Waals surface area contributed by atoms with Gasteiger partial charge in [0.25, 0.3) is 0 Å². The molecule has 0 amide bonds. The molecule has 2 aromatic carbocycles. The average Bonchev–Trinajstić information content (AvgIpc) is 3.14. The minimum atomic E-state index is 0.459. The number of halogens is 1. The summed E-state index contributed by atoms with van der Waals surface area (Å²) in [6.45, 7) is 6.80. The van der Waals surface area contributed by atoms with Crippen molar-refractivity contribution in [2.24, 2.45) is 0 Å². The molecule has 0 radical (unpaired) electrons. The van der Waals surface area contributed by atoms with Crippen LogP contribution in [-0.2, 0) is 13.2 Å². The van der Waals surface area contributed by atoms with Gasteiger partial charge in [-0.25, -0.2) is 0 Å². The van der Waals surface area contributed by atoms with Crippen molar-refractivity contribution in [2.75, 3.05) is 26.7 Å². The molecule has 0 unspecified atom stereocenters. The van der Waals surface area contributed by atoms with E-state index in [4.69, 9.17) is 21.1 Å². The van der Waals surface area contributed by atoms with E-state index in [1.165, 1.54) is 19.4 Å². The van der Waals surface area contributed by atoms with Crippen molar-refractivity contribution in [3.63, 3.8) is 0 Å². The van der Waals surface area contributed by atoms with E-state index in [-0.39, 0.29) is 0 Å². The zero-order valence-corrected chi connectivity index (χ0v) is 17.0. The fraction of sp³-hybridized carbons (Fsp3) is 0.455. The quantitative estimate of drug-likeness (QED) is 0.685. The van der Waals surface area contributed by atoms with Crippen LogP contribution in [0.4, 0.5) is 0 Å². The molecule has 1 saturated heterocycles. The van der Waals surface area contributed by atoms with E-state index in [0.29, 0.717) is 12.6 Å². The third kappa shape index (κ3) is 5.38. The fourth-order valence-electron chi connectivity index (χ4n) is 3.72. The molecule has 2 aromatic rings. The summed E-state index contributed by atoms with van der Waals surface area (Å²) in [4.78, 5) is 2.55. The number of nitrogens with one attached hydrogen (secondary N) is 1. The lowest BCUT2D eigenvalue weighted by molar-refractivity contribution is 0.258. The summed E-state index contributed by atoms with van der Waals surface area (Å²) in [5, 5.41) is 4.33. The second-order valence-electron chi connectivity index (χ2n) is 6.92. The molecule has 3 rings (SSSR count). The van der Waals surface area contributed by atoms with Crippen LogP contribution in [0, 0.1) is 0 Å². The average molecular weight is 389 g/mol. The fourth-order valence-corrected chi connectivity index (χ4v) is 3.94. The van der Waals surface area contributed by atoms with Crippen LogP contribution in [0.5, 0.6) is 11.5 Å². The monoisotopic (exact) mass is 388 g/mol. The predicted octanol–water partition coefficient (Wildman–Crippen LogP) is 4.50. The lowest BCUT2D eigenvalue weighted by Gasteiger charge is -2.23. The van der Waals surface area contributed by atoms with E-state index in [0.717, 1.165) is 47.3 Å². The lowest BCUT2D eigenvalue weighted by Crippen LogP contribution is -2.37. The molecule has 1 aliphatic heterocycles. The molecule has 1 heterocycles. The molecular weight excluding hydrogens is 360 g/mol. The van der Waals surface area contributed by atoms with Gasteiger partial charge in [-0.3, -0.25) is 4.90 Å². The number of ether oxygens (including phenoxy) is 2. The van der Waals surface area contributed by atoms with Crippen molar-refractivity contribution in [3.8, 4) is 11.5 Å². The van der Waals surface area contributed by atoms with Crippen molar-refractivity contribution in [3.05, 3.63) is 58.6 Å². The van der Waals surface area contributed by atoms with Gasteiger partial charge in [0.2, 0.25) is 0 Å². The molecule has 0 bridgehead atoms. The summed E-state index contributed by atoms with van der Waals surface area (Å²) in [6, 6.07) is 14.4. The smallest absolute Gasteiger partial charge is 0.166 e. The summed E-state index contributed by atoms with van der Waals surface area (Å²) < 4.78 is 11.7. The van der Waals surface area contributed by atoms with E-state index in [9.17, 15) is 0 Å². The van der Waals surface area contributed by atoms with Gasteiger partial charge >= 0.3 is 0 Å². The molecule has 146 valence electrons. The molecule has 0 aliphatic carbocycles. The van der Waals surface area contributed by atoms with Gasteiger partial charge in [-0.1, -0.05) is 42.8 Å². The summed E-state index contributed by atoms with van der Waals surface area (Å²) in [6.07, 6.45) is 2.57. The Labute approximate surface area is 167 Å². The second kappa shape index (κ2) is 9.98. The Morgan fingerprint density at radius 2 is 2.07 bits per heavy atom. The SMILES string of the molecule is CCN1CCC[C@@H]1CNCc1cccc(OC)c1OCc1cccc(Cl)c1. The highest BCUT2D eigenvalue weighted by Gasteiger charge is 2.22. The summed E-state index contributed by atoms with van der Waals surface area (Å²) in [7, 11) is 1.68. The number of nitrogens with zero attached hydrogens (tertiary/aromatic N) is 1. The largest absolute Gasteiger partial charge is 0.493 e. The van der Waals surface area contributed by atoms with E-state index in [2.05, 4.69) is 23.2 Å². The van der Waals surface area contributed by atoms with Crippen LogP contribution in [-0.4, -0.2) is 37.7 Å². The topological polar surface area (TPSA) is 33.7 Å². The normalized spacial score (nSPS) is 17.2. The van der Waals surface area contributed by atoms with E-state index in [1.54, 1.807) is 7.11 Å². The summed E-state index contributed by atoms with van der Waals surface area (Å²) in [5.74, 6) is 1.55. The molecule has 0 aromatic heterocycles. The molecule has 27 heavy (non-hydrogen) atoms. The first-order valence-corrected chi connectivity index (χ1v) is 10.1. The maximum atomic E-state index is 6.13. The molecule has 5 heteroatoms. The zero-order chi connectivity index (χ0) is 19.1. The van der Waals surface area contributed by atoms with E-state index < -0.39 is 0 Å². The highest BCUT2D eigenvalue weighted by Crippen LogP contribution is 2.32. The highest BCUT2D eigenvalue weighted by atomic mass is 35.5. The van der Waals surface area contributed by atoms with Crippen LogP contribution in [0.25, 0.3) is 0 Å². The summed E-state index contributed by atoms with van der Waals surface area (Å²) in [5.41, 5.74) is 2.15. The van der Waals surface area contributed by atoms with Gasteiger partial charge < -0.3 is 14.8 Å². The van der Waals surface area contributed by atoms with Crippen molar-refractivity contribution < 1.29 is 9.47 Å². The number of methoxy groups -OCH3 is 1. The Bertz CT molecular complexity index is 738. The molecule has 1 fully saturated rings. The molecule has 0 spiro atoms. The van der Waals surface area contributed by atoms with Gasteiger partial charge in [0.15, 0.2) is 11.5 Å². The first-order valence-electron chi connectivity index (χ1n) is 9.69. The van der Waals surface area contributed by atoms with Crippen molar-refractivity contribution in [2.45, 2.75) is 39.0 Å².